The van der Waals surface area contributed by atoms with E-state index in [9.17, 15) is 10.2 Å². The number of rotatable bonds is 9. The van der Waals surface area contributed by atoms with Crippen LogP contribution in [0.5, 0.6) is 0 Å². The smallest absolute Gasteiger partial charge is 0.131 e. The normalized spacial score (nSPS) is 13.6. The number of aliphatic hydroxyl groups is 2. The molecule has 0 saturated carbocycles. The van der Waals surface area contributed by atoms with Gasteiger partial charge in [-0.25, -0.2) is 0 Å². The van der Waals surface area contributed by atoms with Gasteiger partial charge in [0.15, 0.2) is 0 Å². The van der Waals surface area contributed by atoms with Crippen molar-refractivity contribution in [3.8, 4) is 0 Å². The Hall–Kier alpha value is -2.38. The summed E-state index contributed by atoms with van der Waals surface area (Å²) < 4.78 is 6.08. The highest BCUT2D eigenvalue weighted by atomic mass is 31.0. The van der Waals surface area contributed by atoms with Crippen molar-refractivity contribution in [2.75, 3.05) is 13.2 Å². The lowest BCUT2D eigenvalue weighted by molar-refractivity contribution is -0.109. The third-order valence-corrected chi connectivity index (χ3v) is 6.33. The Morgan fingerprint density at radius 1 is 0.600 bits per heavy atom. The van der Waals surface area contributed by atoms with Crippen LogP contribution < -0.4 is 0 Å². The molecule has 4 aromatic carbocycles. The molecule has 0 fully saturated rings. The molecule has 0 spiro atoms. The largest absolute Gasteiger partial charge is 0.394 e. The van der Waals surface area contributed by atoms with E-state index >= 15 is 0 Å². The van der Waals surface area contributed by atoms with Crippen LogP contribution in [0.2, 0.25) is 0 Å². The van der Waals surface area contributed by atoms with E-state index in [1.54, 1.807) is 6.92 Å². The summed E-state index contributed by atoms with van der Waals surface area (Å²) in [6.45, 7) is 1.68. The van der Waals surface area contributed by atoms with Gasteiger partial charge in [0.25, 0.3) is 0 Å². The van der Waals surface area contributed by atoms with E-state index in [1.165, 1.54) is 0 Å². The lowest BCUT2D eigenvalue weighted by atomic mass is 9.57. The fourth-order valence-electron chi connectivity index (χ4n) is 4.72. The summed E-state index contributed by atoms with van der Waals surface area (Å²) in [7, 11) is 0. The van der Waals surface area contributed by atoms with Crippen LogP contribution in [0.15, 0.2) is 121 Å². The molecular formula is C30H36O3P2. The van der Waals surface area contributed by atoms with Crippen LogP contribution in [-0.4, -0.2) is 29.5 Å². The highest BCUT2D eigenvalue weighted by Crippen LogP contribution is 2.52. The Balaban J connectivity index is 0.00000216. The standard InChI is InChI=1S/C30H30O3.2H3P/c1-24(22-31)33-23-29(32,25-14-6-2-7-15-25)30(26-16-8-3-9-17-26,27-18-10-4-11-19-27)28-20-12-5-13-21-28;;/h2-21,24,31-32H,22-23H2,1H3;2*1H3. The molecule has 4 atom stereocenters. The molecule has 5 heteroatoms. The second-order valence-corrected chi connectivity index (χ2v) is 8.38. The minimum absolute atomic E-state index is 0. The Bertz CT molecular complexity index is 1030. The maximum Gasteiger partial charge on any atom is 0.131 e. The predicted molar refractivity (Wildman–Crippen MR) is 154 cm³/mol. The lowest BCUT2D eigenvalue weighted by Gasteiger charge is -2.49. The highest BCUT2D eigenvalue weighted by Gasteiger charge is 2.55. The summed E-state index contributed by atoms with van der Waals surface area (Å²) >= 11 is 0. The first-order valence-corrected chi connectivity index (χ1v) is 11.3. The predicted octanol–water partition coefficient (Wildman–Crippen LogP) is 5.42. The number of aliphatic hydroxyl groups excluding tert-OH is 1. The minimum atomic E-state index is -1.48. The van der Waals surface area contributed by atoms with Gasteiger partial charge in [0.2, 0.25) is 0 Å². The Morgan fingerprint density at radius 3 is 1.23 bits per heavy atom. The second-order valence-electron chi connectivity index (χ2n) is 8.38. The number of benzene rings is 4. The van der Waals surface area contributed by atoms with Gasteiger partial charge in [-0.15, -0.1) is 0 Å². The maximum absolute atomic E-state index is 12.9. The van der Waals surface area contributed by atoms with Crippen molar-refractivity contribution in [1.82, 2.24) is 0 Å². The van der Waals surface area contributed by atoms with Gasteiger partial charge in [0, 0.05) is 0 Å². The van der Waals surface area contributed by atoms with E-state index in [0.717, 1.165) is 22.3 Å². The fraction of sp³-hybridized carbons (Fsp3) is 0.200. The monoisotopic (exact) mass is 506 g/mol. The first kappa shape index (κ1) is 28.9. The molecule has 0 radical (unpaired) electrons. The van der Waals surface area contributed by atoms with E-state index in [-0.39, 0.29) is 33.0 Å². The highest BCUT2D eigenvalue weighted by molar-refractivity contribution is 6.92. The summed E-state index contributed by atoms with van der Waals surface area (Å²) in [5.74, 6) is 0. The van der Waals surface area contributed by atoms with Crippen molar-refractivity contribution in [2.45, 2.75) is 24.0 Å². The van der Waals surface area contributed by atoms with Gasteiger partial charge in [0.1, 0.15) is 5.60 Å². The average molecular weight is 507 g/mol. The van der Waals surface area contributed by atoms with E-state index in [4.69, 9.17) is 4.74 Å². The zero-order valence-electron chi connectivity index (χ0n) is 20.3. The van der Waals surface area contributed by atoms with Crippen molar-refractivity contribution in [2.24, 2.45) is 0 Å². The molecule has 0 amide bonds. The van der Waals surface area contributed by atoms with Crippen molar-refractivity contribution in [3.63, 3.8) is 0 Å². The maximum atomic E-state index is 12.9. The number of hydrogen-bond donors (Lipinski definition) is 2. The van der Waals surface area contributed by atoms with Gasteiger partial charge < -0.3 is 14.9 Å². The Morgan fingerprint density at radius 2 is 0.914 bits per heavy atom. The lowest BCUT2D eigenvalue weighted by Crippen LogP contribution is -2.54. The second kappa shape index (κ2) is 13.1. The average Bonchev–Trinajstić information content (AvgIpc) is 2.90. The van der Waals surface area contributed by atoms with Crippen LogP contribution in [0, 0.1) is 0 Å². The molecule has 35 heavy (non-hydrogen) atoms. The number of ether oxygens (including phenoxy) is 1. The van der Waals surface area contributed by atoms with Crippen LogP contribution in [-0.2, 0) is 15.8 Å². The van der Waals surface area contributed by atoms with Crippen LogP contribution >= 0.6 is 19.8 Å². The summed E-state index contributed by atoms with van der Waals surface area (Å²) in [6, 6.07) is 40.0. The molecule has 0 bridgehead atoms. The van der Waals surface area contributed by atoms with Crippen LogP contribution in [0.3, 0.4) is 0 Å². The molecule has 3 nitrogen and oxygen atoms in total. The quantitative estimate of drug-likeness (QED) is 0.235. The van der Waals surface area contributed by atoms with Gasteiger partial charge in [-0.2, -0.15) is 19.8 Å². The first-order chi connectivity index (χ1) is 16.1. The summed E-state index contributed by atoms with van der Waals surface area (Å²) in [4.78, 5) is 0. The van der Waals surface area contributed by atoms with Crippen molar-refractivity contribution in [1.29, 1.82) is 0 Å². The molecule has 2 N–H and O–H groups in total. The summed E-state index contributed by atoms with van der Waals surface area (Å²) in [6.07, 6.45) is -0.416. The third-order valence-electron chi connectivity index (χ3n) is 6.33. The van der Waals surface area contributed by atoms with Gasteiger partial charge >= 0.3 is 0 Å². The van der Waals surface area contributed by atoms with Gasteiger partial charge in [-0.3, -0.25) is 0 Å². The zero-order chi connectivity index (χ0) is 23.2. The molecule has 0 saturated heterocycles. The SMILES string of the molecule is CC(CO)OCC(O)(c1ccccc1)C(c1ccccc1)(c1ccccc1)c1ccccc1.P.P. The van der Waals surface area contributed by atoms with Crippen LogP contribution in [0.1, 0.15) is 29.2 Å². The van der Waals surface area contributed by atoms with Gasteiger partial charge in [-0.05, 0) is 29.2 Å². The molecule has 4 rings (SSSR count). The number of hydrogen-bond acceptors (Lipinski definition) is 3. The van der Waals surface area contributed by atoms with Crippen molar-refractivity contribution >= 4 is 19.8 Å². The van der Waals surface area contributed by atoms with Crippen molar-refractivity contribution in [3.05, 3.63) is 144 Å². The van der Waals surface area contributed by atoms with Crippen LogP contribution in [0.25, 0.3) is 0 Å². The zero-order valence-corrected chi connectivity index (χ0v) is 23.1. The van der Waals surface area contributed by atoms with E-state index in [2.05, 4.69) is 36.4 Å². The molecular weight excluding hydrogens is 470 g/mol. The molecule has 0 aliphatic heterocycles. The topological polar surface area (TPSA) is 49.7 Å². The molecule has 4 unspecified atom stereocenters. The molecule has 0 aliphatic carbocycles. The molecule has 4 aromatic rings. The van der Waals surface area contributed by atoms with Crippen molar-refractivity contribution < 1.29 is 14.9 Å². The molecule has 0 aromatic heterocycles. The van der Waals surface area contributed by atoms with Crippen LogP contribution in [0.4, 0.5) is 0 Å². The van der Waals surface area contributed by atoms with E-state index in [1.807, 2.05) is 84.9 Å². The molecule has 0 aliphatic rings. The first-order valence-electron chi connectivity index (χ1n) is 11.3. The minimum Gasteiger partial charge on any atom is -0.394 e. The summed E-state index contributed by atoms with van der Waals surface area (Å²) in [5.41, 5.74) is 1.14. The van der Waals surface area contributed by atoms with E-state index < -0.39 is 17.1 Å². The van der Waals surface area contributed by atoms with Gasteiger partial charge in [-0.1, -0.05) is 121 Å². The third kappa shape index (κ3) is 5.56. The van der Waals surface area contributed by atoms with E-state index in [0.29, 0.717) is 0 Å². The molecule has 184 valence electrons. The summed E-state index contributed by atoms with van der Waals surface area (Å²) in [5, 5.41) is 22.5. The van der Waals surface area contributed by atoms with Gasteiger partial charge in [0.05, 0.1) is 24.7 Å². The Labute approximate surface area is 215 Å². The molecule has 0 heterocycles. The Kier molecular flexibility index (Phi) is 10.8. The fourth-order valence-corrected chi connectivity index (χ4v) is 4.72.